The molecule has 0 radical (unpaired) electrons. The Hall–Kier alpha value is -7.04. The SMILES string of the molecule is c1ccc(-c2cc(-c3ccccc3)cc(-c3ccc(-c4cccc5c4oc4c(-c6ccc(-c7cc(-c8ccccc8)cc(-c8ccccc8)c7)s6)cccc45)s3)c2)cc1. The number of benzene rings is 8. The van der Waals surface area contributed by atoms with Crippen molar-refractivity contribution in [1.29, 1.82) is 0 Å². The largest absolute Gasteiger partial charge is 0.455 e. The van der Waals surface area contributed by atoms with Gasteiger partial charge in [0.2, 0.25) is 0 Å². The molecule has 0 aliphatic rings. The van der Waals surface area contributed by atoms with E-state index in [1.807, 2.05) is 22.7 Å². The second-order valence-corrected chi connectivity index (χ2v) is 17.0. The van der Waals surface area contributed by atoms with E-state index in [1.54, 1.807) is 0 Å². The Balaban J connectivity index is 0.979. The van der Waals surface area contributed by atoms with Crippen molar-refractivity contribution in [3.05, 3.63) is 218 Å². The molecular formula is C56H36OS2. The van der Waals surface area contributed by atoms with Gasteiger partial charge >= 0.3 is 0 Å². The molecule has 0 unspecified atom stereocenters. The molecule has 0 saturated carbocycles. The van der Waals surface area contributed by atoms with Crippen LogP contribution in [0.15, 0.2) is 223 Å². The molecule has 0 amide bonds. The molecule has 0 fully saturated rings. The van der Waals surface area contributed by atoms with Crippen LogP contribution in [0.1, 0.15) is 0 Å². The zero-order valence-electron chi connectivity index (χ0n) is 32.0. The topological polar surface area (TPSA) is 13.1 Å². The summed E-state index contributed by atoms with van der Waals surface area (Å²) in [4.78, 5) is 4.82. The molecule has 0 N–H and O–H groups in total. The van der Waals surface area contributed by atoms with Crippen LogP contribution < -0.4 is 0 Å². The van der Waals surface area contributed by atoms with Crippen molar-refractivity contribution in [3.8, 4) is 86.3 Å². The van der Waals surface area contributed by atoms with Gasteiger partial charge in [0.15, 0.2) is 0 Å². The minimum Gasteiger partial charge on any atom is -0.455 e. The summed E-state index contributed by atoms with van der Waals surface area (Å²) in [5.74, 6) is 0. The minimum absolute atomic E-state index is 0.922. The summed E-state index contributed by atoms with van der Waals surface area (Å²) < 4.78 is 6.97. The van der Waals surface area contributed by atoms with E-state index >= 15 is 0 Å². The monoisotopic (exact) mass is 788 g/mol. The summed E-state index contributed by atoms with van der Waals surface area (Å²) in [6.07, 6.45) is 0. The maximum absolute atomic E-state index is 6.97. The lowest BCUT2D eigenvalue weighted by molar-refractivity contribution is 0.671. The molecule has 1 nitrogen and oxygen atoms in total. The number of hydrogen-bond acceptors (Lipinski definition) is 3. The summed E-state index contributed by atoms with van der Waals surface area (Å²) >= 11 is 3.63. The average molecular weight is 789 g/mol. The van der Waals surface area contributed by atoms with Crippen molar-refractivity contribution < 1.29 is 4.42 Å². The van der Waals surface area contributed by atoms with Crippen molar-refractivity contribution >= 4 is 44.6 Å². The van der Waals surface area contributed by atoms with Crippen molar-refractivity contribution in [2.45, 2.75) is 0 Å². The van der Waals surface area contributed by atoms with Gasteiger partial charge in [-0.2, -0.15) is 0 Å². The second-order valence-electron chi connectivity index (χ2n) is 14.9. The molecule has 0 aliphatic heterocycles. The summed E-state index contributed by atoms with van der Waals surface area (Å²) in [5, 5.41) is 2.26. The molecule has 11 aromatic rings. The fraction of sp³-hybridized carbons (Fsp3) is 0. The normalized spacial score (nSPS) is 11.4. The number of thiophene rings is 2. The van der Waals surface area contributed by atoms with Gasteiger partial charge in [-0.3, -0.25) is 0 Å². The highest BCUT2D eigenvalue weighted by Crippen LogP contribution is 2.46. The fourth-order valence-electron chi connectivity index (χ4n) is 8.21. The molecule has 0 saturated heterocycles. The third-order valence-corrected chi connectivity index (χ3v) is 13.5. The molecule has 0 aliphatic carbocycles. The Bertz CT molecular complexity index is 2910. The Morgan fingerprint density at radius 2 is 0.542 bits per heavy atom. The van der Waals surface area contributed by atoms with E-state index in [0.717, 1.165) is 33.1 Å². The molecule has 59 heavy (non-hydrogen) atoms. The van der Waals surface area contributed by atoms with Gasteiger partial charge in [0, 0.05) is 41.4 Å². The van der Waals surface area contributed by atoms with Gasteiger partial charge in [0.25, 0.3) is 0 Å². The molecule has 3 heterocycles. The lowest BCUT2D eigenvalue weighted by Crippen LogP contribution is -1.84. The van der Waals surface area contributed by atoms with Gasteiger partial charge in [-0.15, -0.1) is 22.7 Å². The standard InChI is InChI=1S/C56H36OS2/c1-5-15-37(16-6-1)41-31-42(38-17-7-2-8-18-38)34-45(33-41)51-27-29-53(58-51)49-25-13-23-47-48-24-14-26-50(56(48)57-55(47)49)54-30-28-52(59-54)46-35-43(39-19-9-3-10-20-39)32-44(36-46)40-21-11-4-12-22-40/h1-36H. The zero-order chi connectivity index (χ0) is 39.1. The van der Waals surface area contributed by atoms with E-state index in [-0.39, 0.29) is 0 Å². The van der Waals surface area contributed by atoms with Crippen LogP contribution in [0.2, 0.25) is 0 Å². The Morgan fingerprint density at radius 1 is 0.237 bits per heavy atom. The van der Waals surface area contributed by atoms with Gasteiger partial charge in [0.05, 0.1) is 0 Å². The lowest BCUT2D eigenvalue weighted by atomic mass is 9.95. The minimum atomic E-state index is 0.922. The Kier molecular flexibility index (Phi) is 8.96. The maximum atomic E-state index is 6.97. The van der Waals surface area contributed by atoms with Crippen LogP contribution >= 0.6 is 22.7 Å². The molecule has 3 aromatic heterocycles. The van der Waals surface area contributed by atoms with Crippen LogP contribution in [0.4, 0.5) is 0 Å². The van der Waals surface area contributed by atoms with Gasteiger partial charge in [-0.05, 0) is 128 Å². The van der Waals surface area contributed by atoms with Crippen LogP contribution in [-0.4, -0.2) is 0 Å². The number of para-hydroxylation sites is 2. The van der Waals surface area contributed by atoms with E-state index in [0.29, 0.717) is 0 Å². The van der Waals surface area contributed by atoms with Gasteiger partial charge in [0.1, 0.15) is 11.2 Å². The van der Waals surface area contributed by atoms with Crippen LogP contribution in [0.3, 0.4) is 0 Å². The highest BCUT2D eigenvalue weighted by molar-refractivity contribution is 7.19. The molecule has 8 aromatic carbocycles. The molecule has 0 bridgehead atoms. The highest BCUT2D eigenvalue weighted by atomic mass is 32.1. The molecule has 0 spiro atoms. The van der Waals surface area contributed by atoms with E-state index in [2.05, 4.69) is 218 Å². The van der Waals surface area contributed by atoms with Gasteiger partial charge < -0.3 is 4.42 Å². The zero-order valence-corrected chi connectivity index (χ0v) is 33.6. The first-order valence-electron chi connectivity index (χ1n) is 19.9. The number of hydrogen-bond donors (Lipinski definition) is 0. The van der Waals surface area contributed by atoms with Crippen molar-refractivity contribution in [2.75, 3.05) is 0 Å². The van der Waals surface area contributed by atoms with Crippen LogP contribution in [0.5, 0.6) is 0 Å². The predicted octanol–water partition coefficient (Wildman–Crippen LogP) is 17.0. The lowest BCUT2D eigenvalue weighted by Gasteiger charge is -2.10. The predicted molar refractivity (Wildman–Crippen MR) is 253 cm³/mol. The molecule has 3 heteroatoms. The van der Waals surface area contributed by atoms with E-state index in [9.17, 15) is 0 Å². The Morgan fingerprint density at radius 3 is 0.881 bits per heavy atom. The first-order valence-corrected chi connectivity index (χ1v) is 21.5. The van der Waals surface area contributed by atoms with Crippen molar-refractivity contribution in [2.24, 2.45) is 0 Å². The molecule has 0 atom stereocenters. The summed E-state index contributed by atoms with van der Waals surface area (Å²) in [5.41, 5.74) is 16.2. The van der Waals surface area contributed by atoms with E-state index < -0.39 is 0 Å². The Labute approximate surface area is 351 Å². The summed E-state index contributed by atoms with van der Waals surface area (Å²) in [6, 6.07) is 78.7. The van der Waals surface area contributed by atoms with Gasteiger partial charge in [-0.25, -0.2) is 0 Å². The summed E-state index contributed by atoms with van der Waals surface area (Å²) in [6.45, 7) is 0. The van der Waals surface area contributed by atoms with Crippen molar-refractivity contribution in [3.63, 3.8) is 0 Å². The molecular weight excluding hydrogens is 753 g/mol. The second kappa shape index (κ2) is 15.0. The number of furan rings is 1. The average Bonchev–Trinajstić information content (AvgIpc) is 4.10. The summed E-state index contributed by atoms with van der Waals surface area (Å²) in [7, 11) is 0. The molecule has 278 valence electrons. The first kappa shape index (κ1) is 35.1. The highest BCUT2D eigenvalue weighted by Gasteiger charge is 2.19. The van der Waals surface area contributed by atoms with Crippen LogP contribution in [-0.2, 0) is 0 Å². The maximum Gasteiger partial charge on any atom is 0.144 e. The third kappa shape index (κ3) is 6.71. The quantitative estimate of drug-likeness (QED) is 0.149. The van der Waals surface area contributed by atoms with Crippen LogP contribution in [0.25, 0.3) is 108 Å². The molecule has 11 rings (SSSR count). The van der Waals surface area contributed by atoms with E-state index in [1.165, 1.54) is 75.1 Å². The first-order chi connectivity index (χ1) is 29.2. The number of fused-ring (bicyclic) bond motifs is 3. The smallest absolute Gasteiger partial charge is 0.144 e. The number of rotatable bonds is 8. The van der Waals surface area contributed by atoms with Crippen LogP contribution in [0, 0.1) is 0 Å². The van der Waals surface area contributed by atoms with Crippen molar-refractivity contribution in [1.82, 2.24) is 0 Å². The van der Waals surface area contributed by atoms with E-state index in [4.69, 9.17) is 4.42 Å². The third-order valence-electron chi connectivity index (χ3n) is 11.1. The fourth-order valence-corrected chi connectivity index (χ4v) is 10.2. The van der Waals surface area contributed by atoms with Gasteiger partial charge in [-0.1, -0.05) is 146 Å².